The standard InChI is InChI=1S/C16H21BrClN3/c1-2-8-21-9-3-6-16(12-19,7-10-21)20-13-4-5-15(18)14(17)11-13/h4-5,11,20H,2-3,6-10H2,1H3. The highest BCUT2D eigenvalue weighted by molar-refractivity contribution is 9.10. The summed E-state index contributed by atoms with van der Waals surface area (Å²) in [5.41, 5.74) is 0.465. The SMILES string of the molecule is CCCN1CCCC(C#N)(Nc2ccc(Cl)c(Br)c2)CC1. The van der Waals surface area contributed by atoms with Crippen LogP contribution in [-0.2, 0) is 0 Å². The van der Waals surface area contributed by atoms with Crippen molar-refractivity contribution in [3.63, 3.8) is 0 Å². The van der Waals surface area contributed by atoms with E-state index in [1.54, 1.807) is 0 Å². The maximum Gasteiger partial charge on any atom is 0.126 e. The lowest BCUT2D eigenvalue weighted by Crippen LogP contribution is -2.38. The van der Waals surface area contributed by atoms with Gasteiger partial charge in [0.2, 0.25) is 0 Å². The van der Waals surface area contributed by atoms with Gasteiger partial charge in [0, 0.05) is 16.7 Å². The van der Waals surface area contributed by atoms with E-state index in [0.29, 0.717) is 5.02 Å². The highest BCUT2D eigenvalue weighted by atomic mass is 79.9. The summed E-state index contributed by atoms with van der Waals surface area (Å²) in [5.74, 6) is 0. The Kier molecular flexibility index (Phi) is 5.92. The van der Waals surface area contributed by atoms with Crippen molar-refractivity contribution < 1.29 is 0 Å². The van der Waals surface area contributed by atoms with Crippen molar-refractivity contribution in [3.05, 3.63) is 27.7 Å². The van der Waals surface area contributed by atoms with Crippen LogP contribution in [0.4, 0.5) is 5.69 Å². The van der Waals surface area contributed by atoms with Gasteiger partial charge in [0.25, 0.3) is 0 Å². The molecule has 1 aliphatic heterocycles. The van der Waals surface area contributed by atoms with E-state index in [4.69, 9.17) is 11.6 Å². The predicted octanol–water partition coefficient (Wildman–Crippen LogP) is 4.67. The molecule has 21 heavy (non-hydrogen) atoms. The molecule has 1 saturated heterocycles. The minimum Gasteiger partial charge on any atom is -0.367 e. The lowest BCUT2D eigenvalue weighted by atomic mass is 9.92. The number of halogens is 2. The van der Waals surface area contributed by atoms with E-state index in [0.717, 1.165) is 55.5 Å². The van der Waals surface area contributed by atoms with Crippen LogP contribution in [-0.4, -0.2) is 30.1 Å². The molecule has 1 aromatic rings. The Morgan fingerprint density at radius 2 is 2.24 bits per heavy atom. The fraction of sp³-hybridized carbons (Fsp3) is 0.562. The number of hydrogen-bond donors (Lipinski definition) is 1. The monoisotopic (exact) mass is 369 g/mol. The van der Waals surface area contributed by atoms with E-state index in [2.05, 4.69) is 39.1 Å². The lowest BCUT2D eigenvalue weighted by molar-refractivity contribution is 0.283. The highest BCUT2D eigenvalue weighted by Crippen LogP contribution is 2.30. The predicted molar refractivity (Wildman–Crippen MR) is 91.7 cm³/mol. The van der Waals surface area contributed by atoms with Crippen molar-refractivity contribution in [1.29, 1.82) is 5.26 Å². The summed E-state index contributed by atoms with van der Waals surface area (Å²) in [7, 11) is 0. The molecule has 0 aromatic heterocycles. The average Bonchev–Trinajstić information content (AvgIpc) is 2.67. The molecule has 1 aliphatic rings. The fourth-order valence-corrected chi connectivity index (χ4v) is 3.34. The number of anilines is 1. The molecular weight excluding hydrogens is 350 g/mol. The topological polar surface area (TPSA) is 39.1 Å². The lowest BCUT2D eigenvalue weighted by Gasteiger charge is -2.28. The van der Waals surface area contributed by atoms with Crippen LogP contribution < -0.4 is 5.32 Å². The van der Waals surface area contributed by atoms with Gasteiger partial charge in [-0.05, 0) is 72.9 Å². The number of rotatable bonds is 4. The van der Waals surface area contributed by atoms with Gasteiger partial charge in [0.15, 0.2) is 0 Å². The van der Waals surface area contributed by atoms with Crippen molar-refractivity contribution in [3.8, 4) is 6.07 Å². The van der Waals surface area contributed by atoms with Crippen molar-refractivity contribution in [1.82, 2.24) is 4.90 Å². The molecule has 0 saturated carbocycles. The largest absolute Gasteiger partial charge is 0.367 e. The van der Waals surface area contributed by atoms with Crippen molar-refractivity contribution in [2.24, 2.45) is 0 Å². The smallest absolute Gasteiger partial charge is 0.126 e. The van der Waals surface area contributed by atoms with Gasteiger partial charge < -0.3 is 10.2 Å². The molecule has 0 radical (unpaired) electrons. The van der Waals surface area contributed by atoms with Crippen molar-refractivity contribution in [2.75, 3.05) is 25.0 Å². The highest BCUT2D eigenvalue weighted by Gasteiger charge is 2.32. The van der Waals surface area contributed by atoms with Gasteiger partial charge >= 0.3 is 0 Å². The van der Waals surface area contributed by atoms with Crippen LogP contribution in [0, 0.1) is 11.3 Å². The number of nitriles is 1. The number of likely N-dealkylation sites (tertiary alicyclic amines) is 1. The maximum atomic E-state index is 9.70. The van der Waals surface area contributed by atoms with Gasteiger partial charge in [0.1, 0.15) is 5.54 Å². The quantitative estimate of drug-likeness (QED) is 0.837. The first kappa shape index (κ1) is 16.6. The first-order valence-electron chi connectivity index (χ1n) is 7.45. The molecule has 0 spiro atoms. The molecule has 1 heterocycles. The Balaban J connectivity index is 2.10. The van der Waals surface area contributed by atoms with Gasteiger partial charge in [-0.3, -0.25) is 0 Å². The summed E-state index contributed by atoms with van der Waals surface area (Å²) in [6.45, 7) is 5.38. The van der Waals surface area contributed by atoms with Crippen LogP contribution in [0.5, 0.6) is 0 Å². The summed E-state index contributed by atoms with van der Waals surface area (Å²) < 4.78 is 0.850. The van der Waals surface area contributed by atoms with Gasteiger partial charge in [-0.2, -0.15) is 5.26 Å². The Morgan fingerprint density at radius 3 is 2.90 bits per heavy atom. The van der Waals surface area contributed by atoms with E-state index in [1.165, 1.54) is 0 Å². The minimum atomic E-state index is -0.476. The Morgan fingerprint density at radius 1 is 1.43 bits per heavy atom. The third-order valence-corrected chi connectivity index (χ3v) is 5.20. The summed E-state index contributed by atoms with van der Waals surface area (Å²) >= 11 is 9.46. The molecule has 0 amide bonds. The third kappa shape index (κ3) is 4.35. The summed E-state index contributed by atoms with van der Waals surface area (Å²) in [5, 5.41) is 13.8. The van der Waals surface area contributed by atoms with Crippen LogP contribution in [0.2, 0.25) is 5.02 Å². The van der Waals surface area contributed by atoms with E-state index < -0.39 is 5.54 Å². The molecule has 3 nitrogen and oxygen atoms in total. The molecule has 1 atom stereocenters. The molecular formula is C16H21BrClN3. The van der Waals surface area contributed by atoms with Gasteiger partial charge in [-0.25, -0.2) is 0 Å². The molecule has 1 aromatic carbocycles. The zero-order valence-corrected chi connectivity index (χ0v) is 14.7. The van der Waals surface area contributed by atoms with Gasteiger partial charge in [0.05, 0.1) is 11.1 Å². The third-order valence-electron chi connectivity index (χ3n) is 3.99. The van der Waals surface area contributed by atoms with Crippen molar-refractivity contribution in [2.45, 2.75) is 38.1 Å². The van der Waals surface area contributed by atoms with E-state index in [-0.39, 0.29) is 0 Å². The maximum absolute atomic E-state index is 9.70. The molecule has 1 unspecified atom stereocenters. The first-order chi connectivity index (χ1) is 10.1. The molecule has 0 aliphatic carbocycles. The minimum absolute atomic E-state index is 0.476. The first-order valence-corrected chi connectivity index (χ1v) is 8.62. The van der Waals surface area contributed by atoms with E-state index in [1.807, 2.05) is 18.2 Å². The van der Waals surface area contributed by atoms with Crippen LogP contribution in [0.25, 0.3) is 0 Å². The van der Waals surface area contributed by atoms with Crippen molar-refractivity contribution >= 4 is 33.2 Å². The van der Waals surface area contributed by atoms with Crippen LogP contribution in [0.1, 0.15) is 32.6 Å². The van der Waals surface area contributed by atoms with E-state index >= 15 is 0 Å². The normalized spacial score (nSPS) is 23.3. The number of nitrogens with one attached hydrogen (secondary N) is 1. The molecule has 0 bridgehead atoms. The molecule has 1 N–H and O–H groups in total. The second kappa shape index (κ2) is 7.49. The van der Waals surface area contributed by atoms with Crippen LogP contribution >= 0.6 is 27.5 Å². The Labute approximate surface area is 140 Å². The molecule has 2 rings (SSSR count). The molecule has 1 fully saturated rings. The van der Waals surface area contributed by atoms with E-state index in [9.17, 15) is 5.26 Å². The summed E-state index contributed by atoms with van der Waals surface area (Å²) in [6.07, 6.45) is 3.94. The summed E-state index contributed by atoms with van der Waals surface area (Å²) in [4.78, 5) is 2.46. The number of hydrogen-bond acceptors (Lipinski definition) is 3. The summed E-state index contributed by atoms with van der Waals surface area (Å²) in [6, 6.07) is 8.23. The van der Waals surface area contributed by atoms with Crippen LogP contribution in [0.15, 0.2) is 22.7 Å². The van der Waals surface area contributed by atoms with Crippen LogP contribution in [0.3, 0.4) is 0 Å². The zero-order chi connectivity index (χ0) is 15.3. The zero-order valence-electron chi connectivity index (χ0n) is 12.3. The Bertz CT molecular complexity index is 529. The second-order valence-corrected chi connectivity index (χ2v) is 6.90. The number of nitrogens with zero attached hydrogens (tertiary/aromatic N) is 2. The Hall–Kier alpha value is -0.760. The second-order valence-electron chi connectivity index (χ2n) is 5.64. The van der Waals surface area contributed by atoms with Gasteiger partial charge in [-0.15, -0.1) is 0 Å². The molecule has 114 valence electrons. The average molecular weight is 371 g/mol. The fourth-order valence-electron chi connectivity index (χ4n) is 2.84. The number of benzene rings is 1. The molecule has 5 heteroatoms. The van der Waals surface area contributed by atoms with Gasteiger partial charge in [-0.1, -0.05) is 18.5 Å².